The van der Waals surface area contributed by atoms with Crippen LogP contribution in [0.2, 0.25) is 0 Å². The van der Waals surface area contributed by atoms with Crippen molar-refractivity contribution in [3.05, 3.63) is 46.1 Å². The van der Waals surface area contributed by atoms with Gasteiger partial charge in [0.05, 0.1) is 11.3 Å². The minimum absolute atomic E-state index is 0.121. The number of nitrogens with zero attached hydrogens (tertiary/aromatic N) is 2. The Hall–Kier alpha value is -2.09. The van der Waals surface area contributed by atoms with E-state index in [9.17, 15) is 35.5 Å². The number of aromatic nitrogens is 2. The van der Waals surface area contributed by atoms with Crippen molar-refractivity contribution >= 4 is 28.2 Å². The molecule has 0 amide bonds. The van der Waals surface area contributed by atoms with Gasteiger partial charge in [-0.1, -0.05) is 17.1 Å². The van der Waals surface area contributed by atoms with Crippen LogP contribution in [-0.4, -0.2) is 33.1 Å². The normalized spacial score (nSPS) is 16.5. The van der Waals surface area contributed by atoms with Crippen molar-refractivity contribution in [2.45, 2.75) is 30.7 Å². The molecule has 1 saturated carbocycles. The van der Waals surface area contributed by atoms with E-state index < -0.39 is 45.7 Å². The second-order valence-corrected chi connectivity index (χ2v) is 7.87. The first-order valence-corrected chi connectivity index (χ1v) is 10.4. The number of aryl methyl sites for hydroxylation is 1. The van der Waals surface area contributed by atoms with Gasteiger partial charge in [-0.25, -0.2) is 8.89 Å². The monoisotopic (exact) mass is 450 g/mol. The van der Waals surface area contributed by atoms with E-state index in [2.05, 4.69) is 9.28 Å². The third-order valence-electron chi connectivity index (χ3n) is 4.31. The molecular formula is C16H13F3N2O6S2-2. The summed E-state index contributed by atoms with van der Waals surface area (Å²) in [5, 5.41) is 4.12. The number of benzene rings is 1. The summed E-state index contributed by atoms with van der Waals surface area (Å²) in [7, 11) is 1.35. The molecule has 8 nitrogen and oxygen atoms in total. The first-order valence-electron chi connectivity index (χ1n) is 8.14. The van der Waals surface area contributed by atoms with Crippen LogP contribution in [0, 0.1) is 0 Å². The van der Waals surface area contributed by atoms with Crippen molar-refractivity contribution in [3.8, 4) is 5.88 Å². The Labute approximate surface area is 167 Å². The molecule has 0 aliphatic heterocycles. The Balaban J connectivity index is 2.15. The number of alkyl halides is 3. The maximum Gasteiger partial charge on any atom is 0.416 e. The van der Waals surface area contributed by atoms with Crippen molar-refractivity contribution in [2.24, 2.45) is 7.05 Å². The van der Waals surface area contributed by atoms with E-state index in [0.717, 1.165) is 10.7 Å². The van der Waals surface area contributed by atoms with Crippen molar-refractivity contribution in [2.75, 3.05) is 0 Å². The third kappa shape index (κ3) is 4.74. The van der Waals surface area contributed by atoms with Crippen molar-refractivity contribution in [3.63, 3.8) is 0 Å². The molecule has 0 N–H and O–H groups in total. The molecule has 0 saturated heterocycles. The lowest BCUT2D eigenvalue weighted by Gasteiger charge is -2.15. The van der Waals surface area contributed by atoms with Gasteiger partial charge in [-0.3, -0.25) is 9.00 Å². The highest BCUT2D eigenvalue weighted by Gasteiger charge is 2.37. The fourth-order valence-electron chi connectivity index (χ4n) is 2.92. The second kappa shape index (κ2) is 7.97. The van der Waals surface area contributed by atoms with Gasteiger partial charge in [0.1, 0.15) is 16.9 Å². The van der Waals surface area contributed by atoms with Gasteiger partial charge in [-0.05, 0) is 30.5 Å². The molecule has 1 fully saturated rings. The zero-order valence-corrected chi connectivity index (χ0v) is 16.4. The number of rotatable bonds is 7. The molecule has 1 aliphatic rings. The predicted molar refractivity (Wildman–Crippen MR) is 92.2 cm³/mol. The lowest BCUT2D eigenvalue weighted by molar-refractivity contribution is -0.137. The number of hydrogen-bond donors (Lipinski definition) is 0. The van der Waals surface area contributed by atoms with Gasteiger partial charge in [0.15, 0.2) is 0 Å². The van der Waals surface area contributed by atoms with Gasteiger partial charge in [0, 0.05) is 24.3 Å². The van der Waals surface area contributed by atoms with Crippen LogP contribution < -0.4 is 4.18 Å². The molecule has 2 unspecified atom stereocenters. The average Bonchev–Trinajstić information content (AvgIpc) is 3.38. The fourth-order valence-corrected chi connectivity index (χ4v) is 3.73. The van der Waals surface area contributed by atoms with Gasteiger partial charge >= 0.3 is 6.18 Å². The third-order valence-corrected chi connectivity index (χ3v) is 5.15. The van der Waals surface area contributed by atoms with Gasteiger partial charge in [-0.2, -0.15) is 18.3 Å². The van der Waals surface area contributed by atoms with Crippen LogP contribution in [0.15, 0.2) is 18.2 Å². The summed E-state index contributed by atoms with van der Waals surface area (Å²) >= 11 is -5.80. The number of hydrogen-bond acceptors (Lipinski definition) is 7. The molecule has 3 rings (SSSR count). The smallest absolute Gasteiger partial charge is 0.416 e. The van der Waals surface area contributed by atoms with E-state index in [1.807, 2.05) is 0 Å². The van der Waals surface area contributed by atoms with Crippen molar-refractivity contribution in [1.29, 1.82) is 0 Å². The SMILES string of the molecule is Cn1nc(C2CC2)c(C(=O)c2ccc(C(F)(F)F)cc2CS(=O)[O-])c1OS(=O)[O-]. The van der Waals surface area contributed by atoms with Crippen molar-refractivity contribution in [1.82, 2.24) is 9.78 Å². The van der Waals surface area contributed by atoms with E-state index in [1.165, 1.54) is 7.05 Å². The summed E-state index contributed by atoms with van der Waals surface area (Å²) in [6.07, 6.45) is -3.34. The highest BCUT2D eigenvalue weighted by molar-refractivity contribution is 7.78. The topological polar surface area (TPSA) is 124 Å². The molecule has 1 aromatic carbocycles. The first-order chi connectivity index (χ1) is 13.5. The van der Waals surface area contributed by atoms with Crippen LogP contribution in [0.25, 0.3) is 0 Å². The summed E-state index contributed by atoms with van der Waals surface area (Å²) in [5.41, 5.74) is -1.74. The first kappa shape index (κ1) is 21.6. The summed E-state index contributed by atoms with van der Waals surface area (Å²) in [5.74, 6) is -2.20. The number of carbonyl (C=O) groups is 1. The van der Waals surface area contributed by atoms with E-state index in [4.69, 9.17) is 0 Å². The predicted octanol–water partition coefficient (Wildman–Crippen LogP) is 2.10. The number of ketones is 1. The van der Waals surface area contributed by atoms with Crippen LogP contribution in [0.3, 0.4) is 0 Å². The summed E-state index contributed by atoms with van der Waals surface area (Å²) in [6, 6.07) is 2.11. The minimum atomic E-state index is -4.73. The molecular weight excluding hydrogens is 437 g/mol. The molecule has 29 heavy (non-hydrogen) atoms. The fraction of sp³-hybridized carbons (Fsp3) is 0.375. The molecule has 0 radical (unpaired) electrons. The summed E-state index contributed by atoms with van der Waals surface area (Å²) < 4.78 is 89.0. The molecule has 0 bridgehead atoms. The highest BCUT2D eigenvalue weighted by atomic mass is 32.2. The zero-order chi connectivity index (χ0) is 21.5. The van der Waals surface area contributed by atoms with Gasteiger partial charge in [-0.15, -0.1) is 0 Å². The van der Waals surface area contributed by atoms with Crippen LogP contribution in [0.5, 0.6) is 5.88 Å². The molecule has 13 heteroatoms. The van der Waals surface area contributed by atoms with Gasteiger partial charge in [0.2, 0.25) is 11.7 Å². The van der Waals surface area contributed by atoms with Gasteiger partial charge in [0.25, 0.3) is 0 Å². The standard InChI is InChI=1S/C16H15F3N2O6S2/c1-21-15(27-29(25)26)12(13(20-21)8-2-3-8)14(22)11-5-4-10(16(17,18)19)6-9(11)7-28(23)24/h4-6,8H,2-3,7H2,1H3,(H,23,24)(H,25,26)/p-2. The Morgan fingerprint density at radius 3 is 2.48 bits per heavy atom. The second-order valence-electron chi connectivity index (χ2n) is 6.40. The number of carbonyl (C=O) groups excluding carboxylic acids is 1. The van der Waals surface area contributed by atoms with Gasteiger partial charge < -0.3 is 13.3 Å². The molecule has 1 aromatic heterocycles. The maximum atomic E-state index is 13.2. The average molecular weight is 450 g/mol. The Morgan fingerprint density at radius 2 is 1.97 bits per heavy atom. The van der Waals surface area contributed by atoms with Crippen molar-refractivity contribution < 1.29 is 39.7 Å². The number of halogens is 3. The lowest BCUT2D eigenvalue weighted by Crippen LogP contribution is -2.14. The van der Waals surface area contributed by atoms with E-state index in [1.54, 1.807) is 0 Å². The van der Waals surface area contributed by atoms with Crippen LogP contribution in [0.4, 0.5) is 13.2 Å². The largest absolute Gasteiger partial charge is 0.772 e. The Kier molecular flexibility index (Phi) is 5.94. The lowest BCUT2D eigenvalue weighted by atomic mass is 9.96. The maximum absolute atomic E-state index is 13.2. The molecule has 0 spiro atoms. The summed E-state index contributed by atoms with van der Waals surface area (Å²) in [6.45, 7) is 0. The van der Waals surface area contributed by atoms with E-state index in [-0.39, 0.29) is 34.2 Å². The van der Waals surface area contributed by atoms with Crippen LogP contribution in [0.1, 0.15) is 51.5 Å². The molecule has 2 aromatic rings. The molecule has 158 valence electrons. The Morgan fingerprint density at radius 1 is 1.31 bits per heavy atom. The highest BCUT2D eigenvalue weighted by Crippen LogP contribution is 2.44. The molecule has 2 atom stereocenters. The Bertz CT molecular complexity index is 1020. The summed E-state index contributed by atoms with van der Waals surface area (Å²) in [4.78, 5) is 13.2. The van der Waals surface area contributed by atoms with E-state index in [0.29, 0.717) is 25.0 Å². The van der Waals surface area contributed by atoms with E-state index >= 15 is 0 Å². The molecule has 1 heterocycles. The van der Waals surface area contributed by atoms with Crippen LogP contribution >= 0.6 is 0 Å². The van der Waals surface area contributed by atoms with Crippen LogP contribution in [-0.2, 0) is 41.4 Å². The quantitative estimate of drug-likeness (QED) is 0.467. The minimum Gasteiger partial charge on any atom is -0.772 e. The molecule has 1 aliphatic carbocycles. The zero-order valence-electron chi connectivity index (χ0n) is 14.7.